The summed E-state index contributed by atoms with van der Waals surface area (Å²) < 4.78 is 5.80. The van der Waals surface area contributed by atoms with Crippen LogP contribution in [0, 0.1) is 0 Å². The van der Waals surface area contributed by atoms with Gasteiger partial charge in [-0.15, -0.1) is 0 Å². The Labute approximate surface area is 188 Å². The number of halogens is 2. The van der Waals surface area contributed by atoms with Crippen molar-refractivity contribution >= 4 is 29.1 Å². The van der Waals surface area contributed by atoms with Gasteiger partial charge in [0.15, 0.2) is 0 Å². The molecule has 5 nitrogen and oxygen atoms in total. The third-order valence-electron chi connectivity index (χ3n) is 5.17. The van der Waals surface area contributed by atoms with Gasteiger partial charge in [0.25, 0.3) is 5.91 Å². The van der Waals surface area contributed by atoms with E-state index in [0.717, 1.165) is 44.6 Å². The van der Waals surface area contributed by atoms with Gasteiger partial charge in [0.1, 0.15) is 5.75 Å². The zero-order valence-electron chi connectivity index (χ0n) is 17.5. The molecule has 1 N–H and O–H groups in total. The van der Waals surface area contributed by atoms with E-state index in [2.05, 4.69) is 41.3 Å². The lowest BCUT2D eigenvalue weighted by Gasteiger charge is -2.25. The second kappa shape index (κ2) is 11.0. The number of rotatable bonds is 9. The second-order valence-corrected chi connectivity index (χ2v) is 8.69. The molecule has 0 bridgehead atoms. The number of hydrogen-bond donors (Lipinski definition) is 1. The van der Waals surface area contributed by atoms with Gasteiger partial charge >= 0.3 is 0 Å². The third-order valence-corrected chi connectivity index (χ3v) is 5.91. The molecule has 0 spiro atoms. The van der Waals surface area contributed by atoms with Crippen LogP contribution in [0.25, 0.3) is 0 Å². The molecule has 1 aliphatic rings. The number of hydrogen-bond acceptors (Lipinski definition) is 4. The molecule has 0 unspecified atom stereocenters. The molecule has 0 aliphatic carbocycles. The topological polar surface area (TPSA) is 44.8 Å². The number of nitrogens with one attached hydrogen (secondary N) is 1. The zero-order chi connectivity index (χ0) is 21.5. The minimum absolute atomic E-state index is 0.00825. The Kier molecular flexibility index (Phi) is 8.40. The standard InChI is InChI=1S/C23H29Cl2N3O2/c1-27(2)12-4-14-30-19-9-6-17(7-10-19)16-28-13-3-5-22(28)26-23(29)18-8-11-20(24)21(25)15-18/h6-11,15,22H,3-5,12-14,16H2,1-2H3,(H,26,29)/t22-/m0/s1. The van der Waals surface area contributed by atoms with Crippen molar-refractivity contribution in [2.24, 2.45) is 0 Å². The SMILES string of the molecule is CN(C)CCCOc1ccc(CN2CCC[C@H]2NC(=O)c2ccc(Cl)c(Cl)c2)cc1. The van der Waals surface area contributed by atoms with Gasteiger partial charge in [-0.2, -0.15) is 0 Å². The van der Waals surface area contributed by atoms with Crippen molar-refractivity contribution in [2.45, 2.75) is 32.0 Å². The number of benzene rings is 2. The first-order valence-corrected chi connectivity index (χ1v) is 11.0. The van der Waals surface area contributed by atoms with Gasteiger partial charge in [-0.3, -0.25) is 9.69 Å². The molecular formula is C23H29Cl2N3O2. The van der Waals surface area contributed by atoms with Gasteiger partial charge in [0, 0.05) is 25.2 Å². The Bertz CT molecular complexity index is 843. The first-order chi connectivity index (χ1) is 14.4. The number of carbonyl (C=O) groups excluding carboxylic acids is 1. The maximum Gasteiger partial charge on any atom is 0.252 e. The highest BCUT2D eigenvalue weighted by molar-refractivity contribution is 6.42. The van der Waals surface area contributed by atoms with Gasteiger partial charge in [0.05, 0.1) is 22.8 Å². The number of nitrogens with zero attached hydrogens (tertiary/aromatic N) is 2. The Morgan fingerprint density at radius 1 is 1.17 bits per heavy atom. The van der Waals surface area contributed by atoms with Crippen molar-refractivity contribution in [3.05, 3.63) is 63.6 Å². The average Bonchev–Trinajstić information content (AvgIpc) is 3.15. The zero-order valence-corrected chi connectivity index (χ0v) is 19.0. The van der Waals surface area contributed by atoms with Crippen LogP contribution >= 0.6 is 23.2 Å². The molecule has 1 saturated heterocycles. The Morgan fingerprint density at radius 3 is 2.63 bits per heavy atom. The summed E-state index contributed by atoms with van der Waals surface area (Å²) in [7, 11) is 4.13. The molecule has 1 fully saturated rings. The Morgan fingerprint density at radius 2 is 1.93 bits per heavy atom. The molecule has 2 aromatic carbocycles. The Hall–Kier alpha value is -1.79. The molecule has 1 amide bonds. The molecule has 3 rings (SSSR count). The summed E-state index contributed by atoms with van der Waals surface area (Å²) in [6.45, 7) is 3.47. The largest absolute Gasteiger partial charge is 0.494 e. The fourth-order valence-electron chi connectivity index (χ4n) is 3.55. The van der Waals surface area contributed by atoms with Crippen molar-refractivity contribution in [2.75, 3.05) is 33.8 Å². The summed E-state index contributed by atoms with van der Waals surface area (Å²) in [6, 6.07) is 13.2. The molecule has 1 aliphatic heterocycles. The number of ether oxygens (including phenoxy) is 1. The van der Waals surface area contributed by atoms with Crippen LogP contribution in [-0.4, -0.2) is 55.7 Å². The summed E-state index contributed by atoms with van der Waals surface area (Å²) in [5.41, 5.74) is 1.72. The summed E-state index contributed by atoms with van der Waals surface area (Å²) in [4.78, 5) is 17.1. The van der Waals surface area contributed by atoms with Crippen molar-refractivity contribution in [3.63, 3.8) is 0 Å². The molecule has 0 radical (unpaired) electrons. The van der Waals surface area contributed by atoms with Crippen molar-refractivity contribution in [1.29, 1.82) is 0 Å². The molecule has 1 heterocycles. The van der Waals surface area contributed by atoms with E-state index in [9.17, 15) is 4.79 Å². The predicted octanol–water partition coefficient (Wildman–Crippen LogP) is 4.68. The molecule has 162 valence electrons. The van der Waals surface area contributed by atoms with E-state index in [1.165, 1.54) is 5.56 Å². The summed E-state index contributed by atoms with van der Waals surface area (Å²) in [6.07, 6.45) is 3.00. The van der Waals surface area contributed by atoms with Crippen LogP contribution in [0.2, 0.25) is 10.0 Å². The minimum atomic E-state index is -0.132. The number of carbonyl (C=O) groups is 1. The van der Waals surface area contributed by atoms with Crippen LogP contribution < -0.4 is 10.1 Å². The monoisotopic (exact) mass is 449 g/mol. The minimum Gasteiger partial charge on any atom is -0.494 e. The fraction of sp³-hybridized carbons (Fsp3) is 0.435. The van der Waals surface area contributed by atoms with E-state index < -0.39 is 0 Å². The van der Waals surface area contributed by atoms with Crippen LogP contribution in [-0.2, 0) is 6.54 Å². The van der Waals surface area contributed by atoms with E-state index in [4.69, 9.17) is 27.9 Å². The van der Waals surface area contributed by atoms with Gasteiger partial charge in [-0.1, -0.05) is 35.3 Å². The highest BCUT2D eigenvalue weighted by atomic mass is 35.5. The highest BCUT2D eigenvalue weighted by Crippen LogP contribution is 2.24. The van der Waals surface area contributed by atoms with Gasteiger partial charge in [0.2, 0.25) is 0 Å². The number of amides is 1. The normalized spacial score (nSPS) is 16.8. The third kappa shape index (κ3) is 6.61. The molecule has 1 atom stereocenters. The van der Waals surface area contributed by atoms with Crippen molar-refractivity contribution in [3.8, 4) is 5.75 Å². The van der Waals surface area contributed by atoms with Crippen LogP contribution in [0.5, 0.6) is 5.75 Å². The van der Waals surface area contributed by atoms with Crippen molar-refractivity contribution < 1.29 is 9.53 Å². The smallest absolute Gasteiger partial charge is 0.252 e. The fourth-order valence-corrected chi connectivity index (χ4v) is 3.85. The maximum atomic E-state index is 12.6. The van der Waals surface area contributed by atoms with Gasteiger partial charge < -0.3 is 15.0 Å². The van der Waals surface area contributed by atoms with E-state index in [1.54, 1.807) is 18.2 Å². The van der Waals surface area contributed by atoms with E-state index >= 15 is 0 Å². The van der Waals surface area contributed by atoms with E-state index in [-0.39, 0.29) is 12.1 Å². The van der Waals surface area contributed by atoms with E-state index in [1.807, 2.05) is 12.1 Å². The lowest BCUT2D eigenvalue weighted by Crippen LogP contribution is -2.43. The summed E-state index contributed by atoms with van der Waals surface area (Å²) in [5, 5.41) is 3.95. The van der Waals surface area contributed by atoms with Crippen LogP contribution in [0.3, 0.4) is 0 Å². The first kappa shape index (κ1) is 22.9. The van der Waals surface area contributed by atoms with Crippen LogP contribution in [0.4, 0.5) is 0 Å². The van der Waals surface area contributed by atoms with E-state index in [0.29, 0.717) is 22.2 Å². The summed E-state index contributed by atoms with van der Waals surface area (Å²) in [5.74, 6) is 0.760. The number of likely N-dealkylation sites (tertiary alicyclic amines) is 1. The maximum absolute atomic E-state index is 12.6. The average molecular weight is 450 g/mol. The van der Waals surface area contributed by atoms with Gasteiger partial charge in [-0.05, 0) is 69.3 Å². The lowest BCUT2D eigenvalue weighted by atomic mass is 10.2. The summed E-state index contributed by atoms with van der Waals surface area (Å²) >= 11 is 12.0. The molecule has 0 aromatic heterocycles. The molecule has 2 aromatic rings. The molecule has 0 saturated carbocycles. The molecule has 30 heavy (non-hydrogen) atoms. The Balaban J connectivity index is 1.51. The van der Waals surface area contributed by atoms with Crippen LogP contribution in [0.15, 0.2) is 42.5 Å². The lowest BCUT2D eigenvalue weighted by molar-refractivity contribution is 0.0881. The second-order valence-electron chi connectivity index (χ2n) is 7.88. The van der Waals surface area contributed by atoms with Crippen molar-refractivity contribution in [1.82, 2.24) is 15.1 Å². The quantitative estimate of drug-likeness (QED) is 0.564. The first-order valence-electron chi connectivity index (χ1n) is 10.3. The molecular weight excluding hydrogens is 421 g/mol. The van der Waals surface area contributed by atoms with Gasteiger partial charge in [-0.25, -0.2) is 0 Å². The highest BCUT2D eigenvalue weighted by Gasteiger charge is 2.26. The molecule has 7 heteroatoms. The van der Waals surface area contributed by atoms with Crippen LogP contribution in [0.1, 0.15) is 35.2 Å². The predicted molar refractivity (Wildman–Crippen MR) is 122 cm³/mol.